The molecule has 2 amide bonds. The Morgan fingerprint density at radius 2 is 1.97 bits per heavy atom. The third kappa shape index (κ3) is 4.82. The molecule has 0 spiro atoms. The second-order valence-electron chi connectivity index (χ2n) is 7.21. The predicted molar refractivity (Wildman–Crippen MR) is 105 cm³/mol. The van der Waals surface area contributed by atoms with Gasteiger partial charge in [-0.3, -0.25) is 19.0 Å². The summed E-state index contributed by atoms with van der Waals surface area (Å²) >= 11 is 0. The molecule has 0 saturated heterocycles. The summed E-state index contributed by atoms with van der Waals surface area (Å²) in [6.07, 6.45) is 8.32. The van der Waals surface area contributed by atoms with Gasteiger partial charge in [0.1, 0.15) is 6.04 Å². The molecule has 10 heteroatoms. The van der Waals surface area contributed by atoms with E-state index in [-0.39, 0.29) is 23.3 Å². The van der Waals surface area contributed by atoms with Crippen LogP contribution in [0.5, 0.6) is 0 Å². The van der Waals surface area contributed by atoms with Gasteiger partial charge in [0.25, 0.3) is 5.91 Å². The minimum atomic E-state index is -1.16. The Hall–Kier alpha value is -3.17. The van der Waals surface area contributed by atoms with Crippen LogP contribution in [0.4, 0.5) is 5.69 Å². The number of rotatable bonds is 7. The highest BCUT2D eigenvalue weighted by molar-refractivity contribution is 6.03. The van der Waals surface area contributed by atoms with Crippen molar-refractivity contribution in [3.05, 3.63) is 29.8 Å². The van der Waals surface area contributed by atoms with E-state index in [9.17, 15) is 14.4 Å². The van der Waals surface area contributed by atoms with Gasteiger partial charge in [-0.1, -0.05) is 19.3 Å². The zero-order chi connectivity index (χ0) is 21.0. The molecule has 1 unspecified atom stereocenters. The number of amides is 2. The third-order valence-electron chi connectivity index (χ3n) is 5.10. The van der Waals surface area contributed by atoms with Crippen LogP contribution in [0.3, 0.4) is 0 Å². The normalized spacial score (nSPS) is 15.7. The van der Waals surface area contributed by atoms with Gasteiger partial charge in [0.2, 0.25) is 5.91 Å². The van der Waals surface area contributed by atoms with Crippen molar-refractivity contribution in [3.63, 3.8) is 0 Å². The number of carboxylic acid groups (broad SMARTS) is 1. The fraction of sp³-hybridized carbons (Fsp3) is 0.526. The summed E-state index contributed by atoms with van der Waals surface area (Å²) < 4.78 is 2.86. The summed E-state index contributed by atoms with van der Waals surface area (Å²) in [5, 5.41) is 22.9. The van der Waals surface area contributed by atoms with Crippen LogP contribution in [0.25, 0.3) is 0 Å². The minimum Gasteiger partial charge on any atom is -0.476 e. The Bertz CT molecular complexity index is 896. The highest BCUT2D eigenvalue weighted by Gasteiger charge is 2.24. The molecule has 0 radical (unpaired) electrons. The zero-order valence-corrected chi connectivity index (χ0v) is 16.6. The summed E-state index contributed by atoms with van der Waals surface area (Å²) in [5.74, 6) is -1.89. The summed E-state index contributed by atoms with van der Waals surface area (Å²) in [5.41, 5.74) is 0.350. The van der Waals surface area contributed by atoms with Gasteiger partial charge in [0.15, 0.2) is 11.4 Å². The van der Waals surface area contributed by atoms with E-state index in [2.05, 4.69) is 20.8 Å². The van der Waals surface area contributed by atoms with E-state index in [0.29, 0.717) is 12.2 Å². The Morgan fingerprint density at radius 1 is 1.24 bits per heavy atom. The summed E-state index contributed by atoms with van der Waals surface area (Å²) in [4.78, 5) is 36.4. The van der Waals surface area contributed by atoms with Crippen molar-refractivity contribution in [1.29, 1.82) is 0 Å². The Labute approximate surface area is 168 Å². The highest BCUT2D eigenvalue weighted by atomic mass is 16.4. The number of anilines is 1. The molecule has 3 rings (SSSR count). The average molecular weight is 402 g/mol. The smallest absolute Gasteiger partial charge is 0.356 e. The molecule has 2 aromatic rings. The van der Waals surface area contributed by atoms with E-state index >= 15 is 0 Å². The zero-order valence-electron chi connectivity index (χ0n) is 16.6. The number of nitrogens with one attached hydrogen (secondary N) is 2. The number of hydrogen-bond donors (Lipinski definition) is 3. The predicted octanol–water partition coefficient (Wildman–Crippen LogP) is 2.06. The lowest BCUT2D eigenvalue weighted by Gasteiger charge is -2.22. The molecule has 0 bridgehead atoms. The van der Waals surface area contributed by atoms with Crippen molar-refractivity contribution in [2.45, 2.75) is 64.6 Å². The lowest BCUT2D eigenvalue weighted by Crippen LogP contribution is -2.37. The average Bonchev–Trinajstić information content (AvgIpc) is 3.35. The van der Waals surface area contributed by atoms with E-state index in [1.807, 2.05) is 6.92 Å². The first-order valence-electron chi connectivity index (χ1n) is 9.86. The van der Waals surface area contributed by atoms with Crippen LogP contribution in [-0.2, 0) is 11.3 Å². The van der Waals surface area contributed by atoms with Crippen molar-refractivity contribution in [2.24, 2.45) is 0 Å². The van der Waals surface area contributed by atoms with Crippen LogP contribution < -0.4 is 10.6 Å². The standard InChI is InChI=1S/C19H26N6O4/c1-3-24-11-15(16(23-24)18(27)20-13-7-5-4-6-8-13)21-17(26)12(2)25-10-9-14(22-25)19(28)29/h9-13H,3-8H2,1-2H3,(H,20,27)(H,21,26)(H,28,29). The van der Waals surface area contributed by atoms with Gasteiger partial charge in [0.05, 0.1) is 5.69 Å². The number of aromatic carboxylic acids is 1. The monoisotopic (exact) mass is 402 g/mol. The minimum absolute atomic E-state index is 0.129. The number of nitrogens with zero attached hydrogens (tertiary/aromatic N) is 4. The van der Waals surface area contributed by atoms with Gasteiger partial charge in [-0.25, -0.2) is 4.79 Å². The summed E-state index contributed by atoms with van der Waals surface area (Å²) in [7, 11) is 0. The van der Waals surface area contributed by atoms with Crippen LogP contribution in [0.2, 0.25) is 0 Å². The van der Waals surface area contributed by atoms with E-state index in [1.54, 1.807) is 17.8 Å². The molecule has 156 valence electrons. The van der Waals surface area contributed by atoms with Crippen molar-refractivity contribution < 1.29 is 19.5 Å². The van der Waals surface area contributed by atoms with Gasteiger partial charge in [-0.2, -0.15) is 10.2 Å². The Kier molecular flexibility index (Phi) is 6.30. The molecule has 1 aliphatic carbocycles. The van der Waals surface area contributed by atoms with Crippen LogP contribution in [0.15, 0.2) is 18.5 Å². The first-order chi connectivity index (χ1) is 13.9. The maximum Gasteiger partial charge on any atom is 0.356 e. The molecule has 29 heavy (non-hydrogen) atoms. The van der Waals surface area contributed by atoms with Crippen molar-refractivity contribution >= 4 is 23.5 Å². The second-order valence-corrected chi connectivity index (χ2v) is 7.21. The second kappa shape index (κ2) is 8.89. The highest BCUT2D eigenvalue weighted by Crippen LogP contribution is 2.20. The fourth-order valence-corrected chi connectivity index (χ4v) is 3.37. The Morgan fingerprint density at radius 3 is 2.59 bits per heavy atom. The maximum atomic E-state index is 12.7. The molecule has 2 aromatic heterocycles. The van der Waals surface area contributed by atoms with Gasteiger partial charge >= 0.3 is 5.97 Å². The molecular weight excluding hydrogens is 376 g/mol. The fourth-order valence-electron chi connectivity index (χ4n) is 3.37. The van der Waals surface area contributed by atoms with Gasteiger partial charge in [-0.15, -0.1) is 0 Å². The molecule has 1 atom stereocenters. The number of carboxylic acids is 1. The molecule has 3 N–H and O–H groups in total. The van der Waals surface area contributed by atoms with Gasteiger partial charge in [-0.05, 0) is 32.8 Å². The van der Waals surface area contributed by atoms with Crippen LogP contribution >= 0.6 is 0 Å². The third-order valence-corrected chi connectivity index (χ3v) is 5.10. The molecule has 1 aliphatic rings. The molecule has 10 nitrogen and oxygen atoms in total. The topological polar surface area (TPSA) is 131 Å². The molecule has 1 fully saturated rings. The molecule has 2 heterocycles. The molecule has 1 saturated carbocycles. The lowest BCUT2D eigenvalue weighted by atomic mass is 9.95. The SMILES string of the molecule is CCn1cc(NC(=O)C(C)n2ccc(C(=O)O)n2)c(C(=O)NC2CCCCC2)n1. The number of aromatic nitrogens is 4. The van der Waals surface area contributed by atoms with Crippen molar-refractivity contribution in [3.8, 4) is 0 Å². The Balaban J connectivity index is 1.73. The van der Waals surface area contributed by atoms with E-state index in [1.165, 1.54) is 23.4 Å². The number of hydrogen-bond acceptors (Lipinski definition) is 5. The summed E-state index contributed by atoms with van der Waals surface area (Å²) in [6, 6.07) is 0.691. The van der Waals surface area contributed by atoms with E-state index in [4.69, 9.17) is 5.11 Å². The first kappa shape index (κ1) is 20.6. The van der Waals surface area contributed by atoms with Gasteiger partial charge in [0, 0.05) is 25.0 Å². The quantitative estimate of drug-likeness (QED) is 0.650. The lowest BCUT2D eigenvalue weighted by molar-refractivity contribution is -0.119. The van der Waals surface area contributed by atoms with Crippen molar-refractivity contribution in [2.75, 3.05) is 5.32 Å². The van der Waals surface area contributed by atoms with Crippen LogP contribution in [0, 0.1) is 0 Å². The van der Waals surface area contributed by atoms with Crippen LogP contribution in [-0.4, -0.2) is 48.5 Å². The molecule has 0 aromatic carbocycles. The van der Waals surface area contributed by atoms with E-state index in [0.717, 1.165) is 25.7 Å². The van der Waals surface area contributed by atoms with Gasteiger partial charge < -0.3 is 15.7 Å². The number of aryl methyl sites for hydroxylation is 1. The molecule has 0 aliphatic heterocycles. The molecular formula is C19H26N6O4. The number of carbonyl (C=O) groups is 3. The maximum absolute atomic E-state index is 12.7. The van der Waals surface area contributed by atoms with Crippen molar-refractivity contribution in [1.82, 2.24) is 24.9 Å². The summed E-state index contributed by atoms with van der Waals surface area (Å²) in [6.45, 7) is 4.04. The van der Waals surface area contributed by atoms with E-state index < -0.39 is 17.9 Å². The first-order valence-corrected chi connectivity index (χ1v) is 9.86. The van der Waals surface area contributed by atoms with Crippen LogP contribution in [0.1, 0.15) is 73.0 Å². The largest absolute Gasteiger partial charge is 0.476 e. The number of carbonyl (C=O) groups excluding carboxylic acids is 2.